The van der Waals surface area contributed by atoms with Crippen LogP contribution in [-0.4, -0.2) is 16.8 Å². The van der Waals surface area contributed by atoms with E-state index < -0.39 is 11.9 Å². The highest BCUT2D eigenvalue weighted by Crippen LogP contribution is 2.27. The number of benzene rings is 3. The summed E-state index contributed by atoms with van der Waals surface area (Å²) in [5.41, 5.74) is 2.43. The number of halogens is 4. The summed E-state index contributed by atoms with van der Waals surface area (Å²) in [6.07, 6.45) is 1.61. The van der Waals surface area contributed by atoms with Gasteiger partial charge in [-0.25, -0.2) is 9.18 Å². The van der Waals surface area contributed by atoms with Gasteiger partial charge in [-0.2, -0.15) is 0 Å². The van der Waals surface area contributed by atoms with Crippen LogP contribution in [0.15, 0.2) is 66.4 Å². The van der Waals surface area contributed by atoms with E-state index in [0.717, 1.165) is 19.6 Å². The number of rotatable bonds is 6. The maximum Gasteiger partial charge on any atom is 0.329 e. The monoisotopic (exact) mass is 596 g/mol. The van der Waals surface area contributed by atoms with Crippen LogP contribution in [0.1, 0.15) is 16.7 Å². The molecule has 1 fully saturated rings. The Kier molecular flexibility index (Phi) is 7.21. The van der Waals surface area contributed by atoms with E-state index in [1.807, 2.05) is 12.1 Å². The number of imide groups is 1. The topological polar surface area (TPSA) is 58.6 Å². The minimum Gasteiger partial charge on any atom is -0.488 e. The molecule has 0 radical (unpaired) electrons. The molecule has 1 aliphatic rings. The van der Waals surface area contributed by atoms with E-state index in [2.05, 4.69) is 27.9 Å². The molecule has 33 heavy (non-hydrogen) atoms. The maximum atomic E-state index is 13.1. The van der Waals surface area contributed by atoms with Crippen molar-refractivity contribution >= 4 is 63.8 Å². The lowest BCUT2D eigenvalue weighted by Crippen LogP contribution is -2.30. The predicted octanol–water partition coefficient (Wildman–Crippen LogP) is 6.41. The molecule has 1 heterocycles. The number of nitrogens with zero attached hydrogens (tertiary/aromatic N) is 1. The highest BCUT2D eigenvalue weighted by molar-refractivity contribution is 14.1. The number of hydrogen-bond donors (Lipinski definition) is 1. The van der Waals surface area contributed by atoms with Gasteiger partial charge >= 0.3 is 6.03 Å². The number of nitrogens with one attached hydrogen (secondary N) is 1. The van der Waals surface area contributed by atoms with E-state index >= 15 is 0 Å². The number of hydrogen-bond acceptors (Lipinski definition) is 3. The van der Waals surface area contributed by atoms with Crippen LogP contribution < -0.4 is 10.1 Å². The molecule has 0 unspecified atom stereocenters. The Balaban J connectivity index is 1.44. The fourth-order valence-electron chi connectivity index (χ4n) is 3.17. The quantitative estimate of drug-likeness (QED) is 0.203. The van der Waals surface area contributed by atoms with Crippen LogP contribution in [0.3, 0.4) is 0 Å². The van der Waals surface area contributed by atoms with Crippen LogP contribution in [0.4, 0.5) is 9.18 Å². The molecule has 0 atom stereocenters. The molecule has 0 aromatic heterocycles. The first kappa shape index (κ1) is 23.5. The van der Waals surface area contributed by atoms with Crippen LogP contribution >= 0.6 is 45.8 Å². The zero-order chi connectivity index (χ0) is 23.5. The largest absolute Gasteiger partial charge is 0.488 e. The highest BCUT2D eigenvalue weighted by Gasteiger charge is 2.33. The summed E-state index contributed by atoms with van der Waals surface area (Å²) in [6.45, 7) is 0.377. The molecule has 0 bridgehead atoms. The minimum absolute atomic E-state index is 0.0569. The molecule has 1 aliphatic heterocycles. The van der Waals surface area contributed by atoms with Crippen molar-refractivity contribution in [3.63, 3.8) is 0 Å². The van der Waals surface area contributed by atoms with Gasteiger partial charge in [0.05, 0.1) is 20.2 Å². The lowest BCUT2D eigenvalue weighted by Gasteiger charge is -2.11. The summed E-state index contributed by atoms with van der Waals surface area (Å²) in [7, 11) is 0. The van der Waals surface area contributed by atoms with Crippen LogP contribution in [0.5, 0.6) is 5.75 Å². The van der Waals surface area contributed by atoms with E-state index in [0.29, 0.717) is 28.0 Å². The summed E-state index contributed by atoms with van der Waals surface area (Å²) in [5.74, 6) is -0.154. The molecule has 1 saturated heterocycles. The Hall–Kier alpha value is -2.62. The Bertz CT molecular complexity index is 1270. The Labute approximate surface area is 213 Å². The van der Waals surface area contributed by atoms with E-state index in [1.165, 1.54) is 24.3 Å². The van der Waals surface area contributed by atoms with Crippen molar-refractivity contribution in [1.82, 2.24) is 10.2 Å². The zero-order valence-corrected chi connectivity index (χ0v) is 20.6. The van der Waals surface area contributed by atoms with Gasteiger partial charge in [0.25, 0.3) is 5.91 Å². The predicted molar refractivity (Wildman–Crippen MR) is 133 cm³/mol. The summed E-state index contributed by atoms with van der Waals surface area (Å²) in [4.78, 5) is 26.1. The van der Waals surface area contributed by atoms with Crippen LogP contribution in [0.2, 0.25) is 10.0 Å². The van der Waals surface area contributed by atoms with E-state index in [9.17, 15) is 14.0 Å². The fraction of sp³-hybridized carbons (Fsp3) is 0.0833. The molecule has 168 valence electrons. The first-order valence-electron chi connectivity index (χ1n) is 9.75. The molecule has 0 saturated carbocycles. The smallest absolute Gasteiger partial charge is 0.329 e. The Morgan fingerprint density at radius 2 is 1.70 bits per heavy atom. The van der Waals surface area contributed by atoms with Crippen molar-refractivity contribution in [2.75, 3.05) is 0 Å². The molecule has 4 rings (SSSR count). The second-order valence-corrected chi connectivity index (χ2v) is 9.21. The molecule has 3 amide bonds. The second-order valence-electron chi connectivity index (χ2n) is 7.23. The summed E-state index contributed by atoms with van der Waals surface area (Å²) < 4.78 is 19.8. The van der Waals surface area contributed by atoms with Crippen molar-refractivity contribution in [3.8, 4) is 5.75 Å². The molecule has 3 aromatic rings. The molecule has 5 nitrogen and oxygen atoms in total. The summed E-state index contributed by atoms with van der Waals surface area (Å²) in [5, 5.41) is 3.54. The maximum absolute atomic E-state index is 13.1. The third kappa shape index (κ3) is 5.66. The van der Waals surface area contributed by atoms with Crippen molar-refractivity contribution in [1.29, 1.82) is 0 Å². The first-order valence-corrected chi connectivity index (χ1v) is 11.6. The molecular weight excluding hydrogens is 581 g/mol. The second kappa shape index (κ2) is 10.1. The van der Waals surface area contributed by atoms with Gasteiger partial charge in [-0.1, -0.05) is 47.5 Å². The summed E-state index contributed by atoms with van der Waals surface area (Å²) in [6, 6.07) is 15.9. The molecule has 0 spiro atoms. The zero-order valence-electron chi connectivity index (χ0n) is 16.9. The third-order valence-electron chi connectivity index (χ3n) is 4.86. The van der Waals surface area contributed by atoms with E-state index in [4.69, 9.17) is 27.9 Å². The van der Waals surface area contributed by atoms with Gasteiger partial charge in [-0.05, 0) is 81.8 Å². The average Bonchev–Trinajstić information content (AvgIpc) is 3.04. The van der Waals surface area contributed by atoms with Gasteiger partial charge in [-0.15, -0.1) is 0 Å². The van der Waals surface area contributed by atoms with Crippen LogP contribution in [0, 0.1) is 9.39 Å². The number of urea groups is 1. The van der Waals surface area contributed by atoms with Crippen molar-refractivity contribution in [3.05, 3.63) is 102 Å². The molecule has 3 aromatic carbocycles. The van der Waals surface area contributed by atoms with Gasteiger partial charge in [0.15, 0.2) is 0 Å². The Morgan fingerprint density at radius 1 is 0.970 bits per heavy atom. The highest BCUT2D eigenvalue weighted by atomic mass is 127. The van der Waals surface area contributed by atoms with E-state index in [1.54, 1.807) is 30.3 Å². The normalized spacial score (nSPS) is 14.7. The van der Waals surface area contributed by atoms with Crippen molar-refractivity contribution < 1.29 is 18.7 Å². The summed E-state index contributed by atoms with van der Waals surface area (Å²) >= 11 is 14.1. The van der Waals surface area contributed by atoms with Gasteiger partial charge in [-0.3, -0.25) is 9.69 Å². The number of carbonyl (C=O) groups excluding carboxylic acids is 2. The Morgan fingerprint density at radius 3 is 2.39 bits per heavy atom. The van der Waals surface area contributed by atoms with Gasteiger partial charge in [0, 0.05) is 0 Å². The number of ether oxygens (including phenoxy) is 1. The van der Waals surface area contributed by atoms with Crippen molar-refractivity contribution in [2.45, 2.75) is 13.2 Å². The van der Waals surface area contributed by atoms with Crippen molar-refractivity contribution in [2.24, 2.45) is 0 Å². The number of carbonyl (C=O) groups is 2. The molecule has 1 N–H and O–H groups in total. The number of amides is 3. The van der Waals surface area contributed by atoms with Gasteiger partial charge < -0.3 is 10.1 Å². The van der Waals surface area contributed by atoms with Crippen LogP contribution in [-0.2, 0) is 17.9 Å². The van der Waals surface area contributed by atoms with E-state index in [-0.39, 0.29) is 18.1 Å². The first-order chi connectivity index (χ1) is 15.8. The average molecular weight is 597 g/mol. The molecular formula is C24H16Cl2FIN2O3. The lowest BCUT2D eigenvalue weighted by molar-refractivity contribution is -0.123. The van der Waals surface area contributed by atoms with Gasteiger partial charge in [0.1, 0.15) is 23.9 Å². The third-order valence-corrected chi connectivity index (χ3v) is 6.44. The van der Waals surface area contributed by atoms with Crippen LogP contribution in [0.25, 0.3) is 6.08 Å². The molecule has 9 heteroatoms. The van der Waals surface area contributed by atoms with Gasteiger partial charge in [0.2, 0.25) is 0 Å². The lowest BCUT2D eigenvalue weighted by atomic mass is 10.1. The standard InChI is InChI=1S/C24H16Cl2FIN2O3/c25-18-7-3-16(9-19(18)26)13-33-22-8-4-15(10-20(22)28)11-21-23(31)30(24(32)29-21)12-14-1-5-17(27)6-2-14/h1-11H,12-13H2,(H,29,32)/b21-11+. The molecule has 0 aliphatic carbocycles. The fourth-order valence-corrected chi connectivity index (χ4v) is 4.18. The SMILES string of the molecule is O=C1N/C(=C/c2ccc(OCc3ccc(Cl)c(Cl)c3)c(I)c2)C(=O)N1Cc1ccc(F)cc1. The minimum atomic E-state index is -0.521.